The van der Waals surface area contributed by atoms with Gasteiger partial charge >= 0.3 is 0 Å². The van der Waals surface area contributed by atoms with E-state index in [0.29, 0.717) is 11.8 Å². The molecule has 0 aromatic carbocycles. The van der Waals surface area contributed by atoms with E-state index in [4.69, 9.17) is 10.5 Å². The Morgan fingerprint density at radius 2 is 1.80 bits per heavy atom. The Hall–Kier alpha value is -1.73. The second kappa shape index (κ2) is 7.66. The average Bonchev–Trinajstić information content (AvgIpc) is 3.38. The highest BCUT2D eigenvalue weighted by atomic mass is 16.5. The Balaban J connectivity index is 1.34. The highest BCUT2D eigenvalue weighted by Crippen LogP contribution is 2.29. The highest BCUT2D eigenvalue weighted by molar-refractivity contribution is 5.54. The molecule has 3 heterocycles. The monoisotopic (exact) mass is 344 g/mol. The smallest absolute Gasteiger partial charge is 0.116 e. The number of nitrogens with two attached hydrogens (primary N) is 1. The number of hydrogen-bond donors (Lipinski definition) is 1. The molecule has 1 aliphatic carbocycles. The van der Waals surface area contributed by atoms with Gasteiger partial charge in [0.1, 0.15) is 5.69 Å². The van der Waals surface area contributed by atoms with Gasteiger partial charge in [-0.2, -0.15) is 5.10 Å². The van der Waals surface area contributed by atoms with Gasteiger partial charge in [-0.05, 0) is 50.5 Å². The summed E-state index contributed by atoms with van der Waals surface area (Å²) in [5.41, 5.74) is 7.73. The first kappa shape index (κ1) is 16.7. The summed E-state index contributed by atoms with van der Waals surface area (Å²) >= 11 is 0. The van der Waals surface area contributed by atoms with Crippen molar-refractivity contribution in [3.05, 3.63) is 18.6 Å². The Kier molecular flexibility index (Phi) is 5.12. The van der Waals surface area contributed by atoms with Gasteiger partial charge in [0.25, 0.3) is 0 Å². The molecule has 1 unspecified atom stereocenters. The van der Waals surface area contributed by atoms with Gasteiger partial charge in [-0.3, -0.25) is 9.36 Å². The Morgan fingerprint density at radius 3 is 2.56 bits per heavy atom. The SMILES string of the molecule is NCC1CCC(Cn2cc(-c3cnn(CC4CCOC4)c3)nn2)CC1. The summed E-state index contributed by atoms with van der Waals surface area (Å²) in [6.07, 6.45) is 12.1. The van der Waals surface area contributed by atoms with Gasteiger partial charge in [0.15, 0.2) is 0 Å². The van der Waals surface area contributed by atoms with Gasteiger partial charge in [-0.25, -0.2) is 0 Å². The molecular formula is C18H28N6O. The normalized spacial score (nSPS) is 27.0. The molecule has 0 bridgehead atoms. The molecule has 0 amide bonds. The predicted molar refractivity (Wildman–Crippen MR) is 94.7 cm³/mol. The maximum absolute atomic E-state index is 5.78. The van der Waals surface area contributed by atoms with E-state index in [9.17, 15) is 0 Å². The van der Waals surface area contributed by atoms with Crippen molar-refractivity contribution in [2.24, 2.45) is 23.5 Å². The fourth-order valence-electron chi connectivity index (χ4n) is 4.02. The molecule has 4 rings (SSSR count). The topological polar surface area (TPSA) is 83.8 Å². The molecule has 1 aliphatic heterocycles. The lowest BCUT2D eigenvalue weighted by atomic mass is 9.82. The molecule has 0 radical (unpaired) electrons. The van der Waals surface area contributed by atoms with Crippen LogP contribution in [0.5, 0.6) is 0 Å². The lowest BCUT2D eigenvalue weighted by molar-refractivity contribution is 0.181. The molecule has 2 N–H and O–H groups in total. The van der Waals surface area contributed by atoms with Crippen LogP contribution in [0.3, 0.4) is 0 Å². The zero-order valence-corrected chi connectivity index (χ0v) is 14.8. The van der Waals surface area contributed by atoms with Crippen LogP contribution in [-0.2, 0) is 17.8 Å². The molecule has 1 saturated heterocycles. The quantitative estimate of drug-likeness (QED) is 0.866. The van der Waals surface area contributed by atoms with Gasteiger partial charge in [0.2, 0.25) is 0 Å². The third kappa shape index (κ3) is 4.10. The maximum Gasteiger partial charge on any atom is 0.116 e. The van der Waals surface area contributed by atoms with Crippen LogP contribution >= 0.6 is 0 Å². The molecule has 2 aromatic heterocycles. The third-order valence-electron chi connectivity index (χ3n) is 5.68. The van der Waals surface area contributed by atoms with Crippen LogP contribution in [0.2, 0.25) is 0 Å². The van der Waals surface area contributed by atoms with Crippen molar-refractivity contribution < 1.29 is 4.74 Å². The van der Waals surface area contributed by atoms with Gasteiger partial charge in [0, 0.05) is 37.4 Å². The van der Waals surface area contributed by atoms with Crippen LogP contribution in [0.1, 0.15) is 32.1 Å². The molecule has 2 fully saturated rings. The minimum atomic E-state index is 0.576. The second-order valence-corrected chi connectivity index (χ2v) is 7.63. The lowest BCUT2D eigenvalue weighted by Crippen LogP contribution is -2.23. The summed E-state index contributed by atoms with van der Waals surface area (Å²) in [7, 11) is 0. The minimum absolute atomic E-state index is 0.576. The van der Waals surface area contributed by atoms with Crippen LogP contribution in [-0.4, -0.2) is 44.5 Å². The van der Waals surface area contributed by atoms with Gasteiger partial charge in [-0.15, -0.1) is 5.10 Å². The van der Waals surface area contributed by atoms with E-state index in [-0.39, 0.29) is 0 Å². The Labute approximate surface area is 148 Å². The van der Waals surface area contributed by atoms with Crippen molar-refractivity contribution in [3.8, 4) is 11.3 Å². The molecule has 0 spiro atoms. The van der Waals surface area contributed by atoms with Gasteiger partial charge in [-0.1, -0.05) is 5.21 Å². The van der Waals surface area contributed by atoms with Crippen molar-refractivity contribution in [1.29, 1.82) is 0 Å². The van der Waals surface area contributed by atoms with Crippen molar-refractivity contribution in [2.75, 3.05) is 19.8 Å². The van der Waals surface area contributed by atoms with Gasteiger partial charge < -0.3 is 10.5 Å². The second-order valence-electron chi connectivity index (χ2n) is 7.63. The average molecular weight is 344 g/mol. The zero-order chi connectivity index (χ0) is 17.1. The van der Waals surface area contributed by atoms with Gasteiger partial charge in [0.05, 0.1) is 19.0 Å². The van der Waals surface area contributed by atoms with E-state index in [1.807, 2.05) is 15.6 Å². The lowest BCUT2D eigenvalue weighted by Gasteiger charge is -2.27. The first-order valence-corrected chi connectivity index (χ1v) is 9.51. The van der Waals surface area contributed by atoms with E-state index in [0.717, 1.165) is 56.4 Å². The standard InChI is InChI=1S/C18H28N6O/c19-7-14-1-3-15(4-2-14)9-24-12-18(21-22-24)17-8-20-23(11-17)10-16-5-6-25-13-16/h8,11-12,14-16H,1-7,9-10,13,19H2. The number of hydrogen-bond acceptors (Lipinski definition) is 5. The fraction of sp³-hybridized carbons (Fsp3) is 0.722. The molecular weight excluding hydrogens is 316 g/mol. The first-order chi connectivity index (χ1) is 12.3. The van der Waals surface area contributed by atoms with E-state index in [1.54, 1.807) is 0 Å². The van der Waals surface area contributed by atoms with Crippen molar-refractivity contribution in [1.82, 2.24) is 24.8 Å². The number of ether oxygens (including phenoxy) is 1. The molecule has 1 saturated carbocycles. The summed E-state index contributed by atoms with van der Waals surface area (Å²) in [6, 6.07) is 0. The zero-order valence-electron chi connectivity index (χ0n) is 14.8. The summed E-state index contributed by atoms with van der Waals surface area (Å²) in [6.45, 7) is 4.42. The fourth-order valence-corrected chi connectivity index (χ4v) is 4.02. The largest absolute Gasteiger partial charge is 0.381 e. The Morgan fingerprint density at radius 1 is 1.00 bits per heavy atom. The van der Waals surface area contributed by atoms with Crippen LogP contribution in [0.15, 0.2) is 18.6 Å². The van der Waals surface area contributed by atoms with Crippen molar-refractivity contribution in [3.63, 3.8) is 0 Å². The van der Waals surface area contributed by atoms with Crippen LogP contribution in [0.4, 0.5) is 0 Å². The van der Waals surface area contributed by atoms with Crippen molar-refractivity contribution >= 4 is 0 Å². The minimum Gasteiger partial charge on any atom is -0.381 e. The third-order valence-corrected chi connectivity index (χ3v) is 5.68. The summed E-state index contributed by atoms with van der Waals surface area (Å²) in [4.78, 5) is 0. The van der Waals surface area contributed by atoms with E-state index in [1.165, 1.54) is 25.7 Å². The molecule has 136 valence electrons. The highest BCUT2D eigenvalue weighted by Gasteiger charge is 2.21. The number of nitrogens with zero attached hydrogens (tertiary/aromatic N) is 5. The summed E-state index contributed by atoms with van der Waals surface area (Å²) < 4.78 is 9.43. The molecule has 2 aliphatic rings. The molecule has 25 heavy (non-hydrogen) atoms. The summed E-state index contributed by atoms with van der Waals surface area (Å²) in [5.74, 6) is 1.99. The van der Waals surface area contributed by atoms with E-state index in [2.05, 4.69) is 27.8 Å². The number of rotatable bonds is 6. The summed E-state index contributed by atoms with van der Waals surface area (Å²) in [5, 5.41) is 13.1. The van der Waals surface area contributed by atoms with Crippen LogP contribution in [0, 0.1) is 17.8 Å². The molecule has 7 heteroatoms. The first-order valence-electron chi connectivity index (χ1n) is 9.51. The van der Waals surface area contributed by atoms with Crippen molar-refractivity contribution in [2.45, 2.75) is 45.2 Å². The van der Waals surface area contributed by atoms with E-state index >= 15 is 0 Å². The maximum atomic E-state index is 5.78. The van der Waals surface area contributed by atoms with Crippen LogP contribution < -0.4 is 5.73 Å². The molecule has 2 aromatic rings. The predicted octanol–water partition coefficient (Wildman–Crippen LogP) is 1.94. The number of aromatic nitrogens is 5. The Bertz CT molecular complexity index is 667. The van der Waals surface area contributed by atoms with E-state index < -0.39 is 0 Å². The van der Waals surface area contributed by atoms with Crippen LogP contribution in [0.25, 0.3) is 11.3 Å². The molecule has 7 nitrogen and oxygen atoms in total. The molecule has 1 atom stereocenters.